The van der Waals surface area contributed by atoms with E-state index in [1.165, 1.54) is 23.2 Å². The zero-order valence-electron chi connectivity index (χ0n) is 7.73. The van der Waals surface area contributed by atoms with Crippen LogP contribution in [0.5, 0.6) is 0 Å². The quantitative estimate of drug-likeness (QED) is 0.796. The first-order valence-electron chi connectivity index (χ1n) is 4.04. The molecule has 0 fully saturated rings. The summed E-state index contributed by atoms with van der Waals surface area (Å²) in [6, 6.07) is 3.75. The Morgan fingerprint density at radius 3 is 2.92 bits per heavy atom. The van der Waals surface area contributed by atoms with Gasteiger partial charge < -0.3 is 10.0 Å². The molecule has 1 aromatic rings. The number of aliphatic hydroxyl groups excluding tert-OH is 1. The van der Waals surface area contributed by atoms with Crippen molar-refractivity contribution in [3.05, 3.63) is 22.4 Å². The maximum Gasteiger partial charge on any atom is 0.219 e. The van der Waals surface area contributed by atoms with Crippen molar-refractivity contribution >= 4 is 17.2 Å². The Balaban J connectivity index is 2.51. The minimum Gasteiger partial charge on any atom is -0.386 e. The lowest BCUT2D eigenvalue weighted by Gasteiger charge is -2.18. The number of carbonyl (C=O) groups excluding carboxylic acids is 1. The first-order chi connectivity index (χ1) is 6.11. The van der Waals surface area contributed by atoms with E-state index in [2.05, 4.69) is 0 Å². The lowest BCUT2D eigenvalue weighted by molar-refractivity contribution is -0.128. The van der Waals surface area contributed by atoms with Crippen LogP contribution in [0.2, 0.25) is 0 Å². The molecule has 0 radical (unpaired) electrons. The standard InChI is InChI=1S/C9H13NO2S/c1-7(11)10(2)6-8(12)9-4-3-5-13-9/h3-5,8,12H,6H2,1-2H3. The first-order valence-corrected chi connectivity index (χ1v) is 4.92. The largest absolute Gasteiger partial charge is 0.386 e. The molecule has 1 unspecified atom stereocenters. The zero-order chi connectivity index (χ0) is 9.84. The molecule has 1 amide bonds. The molecule has 1 atom stereocenters. The van der Waals surface area contributed by atoms with Gasteiger partial charge in [-0.25, -0.2) is 0 Å². The third-order valence-corrected chi connectivity index (χ3v) is 2.83. The van der Waals surface area contributed by atoms with Crippen LogP contribution in [0.25, 0.3) is 0 Å². The van der Waals surface area contributed by atoms with Gasteiger partial charge >= 0.3 is 0 Å². The molecule has 0 saturated carbocycles. The molecule has 0 aliphatic rings. The van der Waals surface area contributed by atoms with Crippen LogP contribution in [0.3, 0.4) is 0 Å². The summed E-state index contributed by atoms with van der Waals surface area (Å²) in [6.07, 6.45) is -0.561. The molecule has 0 bridgehead atoms. The highest BCUT2D eigenvalue weighted by Gasteiger charge is 2.12. The second kappa shape index (κ2) is 4.39. The van der Waals surface area contributed by atoms with E-state index in [1.807, 2.05) is 17.5 Å². The molecule has 1 aromatic heterocycles. The fraction of sp³-hybridized carbons (Fsp3) is 0.444. The lowest BCUT2D eigenvalue weighted by atomic mass is 10.3. The second-order valence-electron chi connectivity index (χ2n) is 2.93. The molecule has 1 N–H and O–H groups in total. The van der Waals surface area contributed by atoms with Gasteiger partial charge in [0.1, 0.15) is 6.10 Å². The van der Waals surface area contributed by atoms with Crippen LogP contribution in [-0.4, -0.2) is 29.5 Å². The summed E-state index contributed by atoms with van der Waals surface area (Å²) in [7, 11) is 1.68. The lowest BCUT2D eigenvalue weighted by Crippen LogP contribution is -2.28. The summed E-state index contributed by atoms with van der Waals surface area (Å²) in [6.45, 7) is 1.84. The summed E-state index contributed by atoms with van der Waals surface area (Å²) in [4.78, 5) is 13.3. The third kappa shape index (κ3) is 2.82. The van der Waals surface area contributed by atoms with E-state index in [0.29, 0.717) is 6.54 Å². The predicted octanol–water partition coefficient (Wildman–Crippen LogP) is 1.26. The molecule has 0 saturated heterocycles. The van der Waals surface area contributed by atoms with Crippen molar-refractivity contribution < 1.29 is 9.90 Å². The van der Waals surface area contributed by atoms with Gasteiger partial charge in [-0.3, -0.25) is 4.79 Å². The maximum absolute atomic E-state index is 10.9. The van der Waals surface area contributed by atoms with Crippen molar-refractivity contribution in [1.82, 2.24) is 4.90 Å². The van der Waals surface area contributed by atoms with Crippen LogP contribution in [0.4, 0.5) is 0 Å². The average molecular weight is 199 g/mol. The number of hydrogen-bond donors (Lipinski definition) is 1. The summed E-state index contributed by atoms with van der Waals surface area (Å²) in [5, 5.41) is 11.6. The normalized spacial score (nSPS) is 12.5. The first kappa shape index (κ1) is 10.2. The van der Waals surface area contributed by atoms with E-state index in [9.17, 15) is 9.90 Å². The van der Waals surface area contributed by atoms with Crippen LogP contribution >= 0.6 is 11.3 Å². The SMILES string of the molecule is CC(=O)N(C)CC(O)c1cccs1. The van der Waals surface area contributed by atoms with Crippen molar-refractivity contribution in [3.63, 3.8) is 0 Å². The van der Waals surface area contributed by atoms with Crippen molar-refractivity contribution in [3.8, 4) is 0 Å². The topological polar surface area (TPSA) is 40.5 Å². The van der Waals surface area contributed by atoms with Crippen LogP contribution < -0.4 is 0 Å². The van der Waals surface area contributed by atoms with Gasteiger partial charge in [0.05, 0.1) is 6.54 Å². The molecule has 0 aliphatic carbocycles. The van der Waals surface area contributed by atoms with Crippen molar-refractivity contribution in [1.29, 1.82) is 0 Å². The Labute approximate surface area is 81.6 Å². The van der Waals surface area contributed by atoms with E-state index in [1.54, 1.807) is 7.05 Å². The molecule has 0 aliphatic heterocycles. The summed E-state index contributed by atoms with van der Waals surface area (Å²) in [5.41, 5.74) is 0. The van der Waals surface area contributed by atoms with Gasteiger partial charge in [0, 0.05) is 18.8 Å². The minimum absolute atomic E-state index is 0.0318. The van der Waals surface area contributed by atoms with Crippen LogP contribution in [-0.2, 0) is 4.79 Å². The second-order valence-corrected chi connectivity index (χ2v) is 3.91. The van der Waals surface area contributed by atoms with Gasteiger partial charge in [0.25, 0.3) is 0 Å². The zero-order valence-corrected chi connectivity index (χ0v) is 8.54. The number of aliphatic hydroxyl groups is 1. The number of nitrogens with zero attached hydrogens (tertiary/aromatic N) is 1. The van der Waals surface area contributed by atoms with Crippen LogP contribution in [0, 0.1) is 0 Å². The smallest absolute Gasteiger partial charge is 0.219 e. The number of amides is 1. The van der Waals surface area contributed by atoms with E-state index >= 15 is 0 Å². The van der Waals surface area contributed by atoms with Gasteiger partial charge in [-0.05, 0) is 11.4 Å². The highest BCUT2D eigenvalue weighted by molar-refractivity contribution is 7.10. The van der Waals surface area contributed by atoms with E-state index in [4.69, 9.17) is 0 Å². The Kier molecular flexibility index (Phi) is 3.45. The third-order valence-electron chi connectivity index (χ3n) is 1.86. The minimum atomic E-state index is -0.561. The number of likely N-dealkylation sites (N-methyl/N-ethyl adjacent to an activating group) is 1. The maximum atomic E-state index is 10.9. The molecule has 4 heteroatoms. The van der Waals surface area contributed by atoms with Crippen molar-refractivity contribution in [2.24, 2.45) is 0 Å². The summed E-state index contributed by atoms with van der Waals surface area (Å²) >= 11 is 1.50. The Hall–Kier alpha value is -0.870. The predicted molar refractivity (Wildman–Crippen MR) is 52.6 cm³/mol. The van der Waals surface area contributed by atoms with Gasteiger partial charge in [-0.1, -0.05) is 6.07 Å². The molecular weight excluding hydrogens is 186 g/mol. The molecular formula is C9H13NO2S. The number of carbonyl (C=O) groups is 1. The molecule has 1 heterocycles. The Morgan fingerprint density at radius 1 is 1.77 bits per heavy atom. The molecule has 3 nitrogen and oxygen atoms in total. The summed E-state index contributed by atoms with van der Waals surface area (Å²) in [5.74, 6) is -0.0318. The Morgan fingerprint density at radius 2 is 2.46 bits per heavy atom. The molecule has 0 aromatic carbocycles. The van der Waals surface area contributed by atoms with Gasteiger partial charge in [-0.2, -0.15) is 0 Å². The molecule has 0 spiro atoms. The van der Waals surface area contributed by atoms with E-state index in [0.717, 1.165) is 4.88 Å². The fourth-order valence-corrected chi connectivity index (χ4v) is 1.66. The van der Waals surface area contributed by atoms with Crippen LogP contribution in [0.1, 0.15) is 17.9 Å². The highest BCUT2D eigenvalue weighted by atomic mass is 32.1. The Bertz CT molecular complexity index is 271. The van der Waals surface area contributed by atoms with E-state index in [-0.39, 0.29) is 5.91 Å². The average Bonchev–Trinajstić information content (AvgIpc) is 2.55. The monoisotopic (exact) mass is 199 g/mol. The molecule has 1 rings (SSSR count). The summed E-state index contributed by atoms with van der Waals surface area (Å²) < 4.78 is 0. The van der Waals surface area contributed by atoms with Gasteiger partial charge in [-0.15, -0.1) is 11.3 Å². The molecule has 13 heavy (non-hydrogen) atoms. The fourth-order valence-electron chi connectivity index (χ4n) is 0.959. The van der Waals surface area contributed by atoms with Gasteiger partial charge in [0.15, 0.2) is 0 Å². The number of hydrogen-bond acceptors (Lipinski definition) is 3. The van der Waals surface area contributed by atoms with Gasteiger partial charge in [0.2, 0.25) is 5.91 Å². The van der Waals surface area contributed by atoms with Crippen LogP contribution in [0.15, 0.2) is 17.5 Å². The van der Waals surface area contributed by atoms with Crippen molar-refractivity contribution in [2.45, 2.75) is 13.0 Å². The number of thiophene rings is 1. The molecule has 72 valence electrons. The van der Waals surface area contributed by atoms with E-state index < -0.39 is 6.10 Å². The highest BCUT2D eigenvalue weighted by Crippen LogP contribution is 2.19. The van der Waals surface area contributed by atoms with Crippen molar-refractivity contribution in [2.75, 3.05) is 13.6 Å². The number of rotatable bonds is 3.